The Bertz CT molecular complexity index is 2180. The Morgan fingerprint density at radius 2 is 1.71 bits per heavy atom. The molecule has 17 heteroatoms. The fourth-order valence-corrected chi connectivity index (χ4v) is 7.94. The van der Waals surface area contributed by atoms with E-state index in [-0.39, 0.29) is 47.4 Å². The van der Waals surface area contributed by atoms with Crippen molar-refractivity contribution in [3.8, 4) is 17.2 Å². The molecule has 7 atom stereocenters. The standard InChI is InChI=1S/C42H48N4O13/c1-6-42(56,22(4)47)18-25-26(37(51)33-32(36(25)50)35(49)24-9-7-11-29(57-5)31(24)38(33)52)19-58-30-17-27(34(48)21(3)59-30)45-40(54)28-10-8-16-46(28)41(55)20(2)44-39(53)23-12-14-43-15-13-23/h7,9,11-15,20-21,27-28,30,34,48,50-51,56H,6,8,10,16-19H2,1-5H3,(H,44,53)(H,45,54)/t20-,21+,27+,28+,30-,34-,42?/m1/s1. The average Bonchev–Trinajstić information content (AvgIpc) is 3.72. The third kappa shape index (κ3) is 8.15. The minimum atomic E-state index is -2.04. The summed E-state index contributed by atoms with van der Waals surface area (Å²) in [6, 6.07) is 4.56. The number of aromatic nitrogens is 1. The van der Waals surface area contributed by atoms with Crippen molar-refractivity contribution < 1.29 is 63.4 Å². The van der Waals surface area contributed by atoms with Gasteiger partial charge in [-0.1, -0.05) is 19.1 Å². The van der Waals surface area contributed by atoms with Gasteiger partial charge in [0.05, 0.1) is 42.6 Å². The van der Waals surface area contributed by atoms with Gasteiger partial charge in [0, 0.05) is 54.0 Å². The number of benzene rings is 2. The third-order valence-corrected chi connectivity index (χ3v) is 11.5. The van der Waals surface area contributed by atoms with Crippen molar-refractivity contribution in [3.05, 3.63) is 81.7 Å². The molecule has 2 fully saturated rings. The third-order valence-electron chi connectivity index (χ3n) is 11.5. The van der Waals surface area contributed by atoms with Gasteiger partial charge >= 0.3 is 0 Å². The molecule has 6 rings (SSSR count). The first-order valence-electron chi connectivity index (χ1n) is 19.4. The molecule has 3 aliphatic rings. The molecule has 1 aliphatic carbocycles. The van der Waals surface area contributed by atoms with E-state index in [1.807, 2.05) is 0 Å². The summed E-state index contributed by atoms with van der Waals surface area (Å²) in [5.41, 5.74) is -3.36. The van der Waals surface area contributed by atoms with Crippen molar-refractivity contribution in [2.24, 2.45) is 0 Å². The van der Waals surface area contributed by atoms with E-state index in [0.29, 0.717) is 18.4 Å². The maximum Gasteiger partial charge on any atom is 0.252 e. The molecule has 0 saturated carbocycles. The fourth-order valence-electron chi connectivity index (χ4n) is 7.94. The second-order valence-electron chi connectivity index (χ2n) is 15.1. The van der Waals surface area contributed by atoms with E-state index in [2.05, 4.69) is 15.6 Å². The molecular formula is C42H48N4O13. The van der Waals surface area contributed by atoms with Crippen LogP contribution in [0.1, 0.15) is 107 Å². The number of Topliss-reactive ketones (excluding diaryl/α,β-unsaturated/α-hetero) is 1. The highest BCUT2D eigenvalue weighted by atomic mass is 16.7. The van der Waals surface area contributed by atoms with Crippen LogP contribution in [0, 0.1) is 0 Å². The first-order chi connectivity index (χ1) is 28.0. The molecule has 3 aromatic rings. The Morgan fingerprint density at radius 3 is 2.37 bits per heavy atom. The van der Waals surface area contributed by atoms with E-state index in [1.165, 1.54) is 61.7 Å². The van der Waals surface area contributed by atoms with Crippen molar-refractivity contribution in [2.75, 3.05) is 13.7 Å². The number of phenolic OH excluding ortho intramolecular Hbond substituents is 2. The highest BCUT2D eigenvalue weighted by Crippen LogP contribution is 2.46. The first kappa shape index (κ1) is 42.8. The lowest BCUT2D eigenvalue weighted by molar-refractivity contribution is -0.230. The molecule has 0 spiro atoms. The minimum Gasteiger partial charge on any atom is -0.507 e. The number of hydrogen-bond acceptors (Lipinski definition) is 14. The molecule has 1 unspecified atom stereocenters. The van der Waals surface area contributed by atoms with Crippen LogP contribution in [-0.4, -0.2) is 121 Å². The van der Waals surface area contributed by atoms with E-state index < -0.39 is 113 Å². The van der Waals surface area contributed by atoms with Crippen LogP contribution >= 0.6 is 0 Å². The van der Waals surface area contributed by atoms with Crippen molar-refractivity contribution in [3.63, 3.8) is 0 Å². The lowest BCUT2D eigenvalue weighted by atomic mass is 9.78. The van der Waals surface area contributed by atoms with E-state index in [4.69, 9.17) is 14.2 Å². The van der Waals surface area contributed by atoms with E-state index in [0.717, 1.165) is 6.92 Å². The number of phenols is 2. The lowest BCUT2D eigenvalue weighted by Crippen LogP contribution is -2.59. The molecule has 0 radical (unpaired) electrons. The van der Waals surface area contributed by atoms with Crippen LogP contribution in [-0.2, 0) is 36.9 Å². The number of hydrogen-bond donors (Lipinski definition) is 6. The van der Waals surface area contributed by atoms with Gasteiger partial charge in [0.15, 0.2) is 17.9 Å². The molecule has 17 nitrogen and oxygen atoms in total. The Labute approximate surface area is 339 Å². The van der Waals surface area contributed by atoms with E-state index in [9.17, 15) is 49.2 Å². The van der Waals surface area contributed by atoms with Gasteiger partial charge in [0.25, 0.3) is 5.91 Å². The Hall–Kier alpha value is -5.75. The molecule has 3 heterocycles. The van der Waals surface area contributed by atoms with Crippen LogP contribution in [0.2, 0.25) is 0 Å². The van der Waals surface area contributed by atoms with E-state index in [1.54, 1.807) is 13.8 Å². The summed E-state index contributed by atoms with van der Waals surface area (Å²) in [5.74, 6) is -5.12. The summed E-state index contributed by atoms with van der Waals surface area (Å²) in [4.78, 5) is 85.6. The van der Waals surface area contributed by atoms with Gasteiger partial charge in [-0.25, -0.2) is 0 Å². The molecule has 2 aliphatic heterocycles. The van der Waals surface area contributed by atoms with Crippen LogP contribution in [0.15, 0.2) is 42.7 Å². The van der Waals surface area contributed by atoms with Gasteiger partial charge in [0.2, 0.25) is 17.6 Å². The van der Waals surface area contributed by atoms with Gasteiger partial charge < -0.3 is 50.2 Å². The second kappa shape index (κ2) is 17.2. The topological polar surface area (TPSA) is 251 Å². The number of pyridine rings is 1. The molecular weight excluding hydrogens is 768 g/mol. The zero-order chi connectivity index (χ0) is 42.9. The fraction of sp³-hybridized carbons (Fsp3) is 0.452. The van der Waals surface area contributed by atoms with Crippen LogP contribution in [0.4, 0.5) is 0 Å². The van der Waals surface area contributed by atoms with Gasteiger partial charge in [-0.3, -0.25) is 33.8 Å². The molecule has 3 amide bonds. The molecule has 314 valence electrons. The summed E-state index contributed by atoms with van der Waals surface area (Å²) in [6.07, 6.45) is -0.295. The van der Waals surface area contributed by atoms with Crippen molar-refractivity contribution in [1.82, 2.24) is 20.5 Å². The molecule has 0 bridgehead atoms. The monoisotopic (exact) mass is 816 g/mol. The molecule has 59 heavy (non-hydrogen) atoms. The number of ether oxygens (including phenoxy) is 3. The number of methoxy groups -OCH3 is 1. The Morgan fingerprint density at radius 1 is 1.03 bits per heavy atom. The summed E-state index contributed by atoms with van der Waals surface area (Å²) in [6.45, 7) is 5.47. The molecule has 2 saturated heterocycles. The van der Waals surface area contributed by atoms with Crippen molar-refractivity contribution in [1.29, 1.82) is 0 Å². The zero-order valence-corrected chi connectivity index (χ0v) is 33.3. The summed E-state index contributed by atoms with van der Waals surface area (Å²) in [5, 5.41) is 51.4. The normalized spacial score (nSPS) is 22.8. The lowest BCUT2D eigenvalue weighted by Gasteiger charge is -2.39. The summed E-state index contributed by atoms with van der Waals surface area (Å²) < 4.78 is 17.3. The maximum absolute atomic E-state index is 14.0. The number of aromatic hydroxyl groups is 2. The number of aliphatic hydroxyl groups excluding tert-OH is 1. The van der Waals surface area contributed by atoms with Gasteiger partial charge in [0.1, 0.15) is 41.0 Å². The number of amides is 3. The predicted octanol–water partition coefficient (Wildman–Crippen LogP) is 1.86. The van der Waals surface area contributed by atoms with Crippen LogP contribution < -0.4 is 15.4 Å². The number of likely N-dealkylation sites (tertiary alicyclic amines) is 1. The minimum absolute atomic E-state index is 0.0628. The smallest absolute Gasteiger partial charge is 0.252 e. The largest absolute Gasteiger partial charge is 0.507 e. The highest BCUT2D eigenvalue weighted by molar-refractivity contribution is 6.31. The summed E-state index contributed by atoms with van der Waals surface area (Å²) >= 11 is 0. The number of nitrogens with zero attached hydrogens (tertiary/aromatic N) is 2. The zero-order valence-electron chi connectivity index (χ0n) is 33.3. The predicted molar refractivity (Wildman–Crippen MR) is 207 cm³/mol. The number of aliphatic hydroxyl groups is 2. The first-order valence-corrected chi connectivity index (χ1v) is 19.4. The Kier molecular flexibility index (Phi) is 12.5. The average molecular weight is 817 g/mol. The van der Waals surface area contributed by atoms with Gasteiger partial charge in [-0.2, -0.15) is 0 Å². The van der Waals surface area contributed by atoms with E-state index >= 15 is 0 Å². The number of fused-ring (bicyclic) bond motifs is 2. The number of carbonyl (C=O) groups is 6. The molecule has 6 N–H and O–H groups in total. The van der Waals surface area contributed by atoms with Gasteiger partial charge in [-0.15, -0.1) is 0 Å². The highest BCUT2D eigenvalue weighted by Gasteiger charge is 2.44. The number of nitrogens with one attached hydrogen (secondary N) is 2. The van der Waals surface area contributed by atoms with Crippen LogP contribution in [0.25, 0.3) is 0 Å². The SMILES string of the molecule is CCC(O)(Cc1c(O)c2c(c(O)c1CO[C@H]1C[C@H](NC(=O)[C@@H]3CCCN3C(=O)[C@@H](C)NC(=O)c3ccncc3)[C@H](O)[C@H](C)O1)C(=O)c1c(OC)cccc1C2=O)C(C)=O. The maximum atomic E-state index is 14.0. The number of ketones is 3. The molecule has 1 aromatic heterocycles. The second-order valence-corrected chi connectivity index (χ2v) is 15.1. The van der Waals surface area contributed by atoms with Crippen LogP contribution in [0.5, 0.6) is 17.2 Å². The number of rotatable bonds is 13. The molecule has 2 aromatic carbocycles. The number of carbonyl (C=O) groups excluding carboxylic acids is 6. The van der Waals surface area contributed by atoms with Crippen molar-refractivity contribution in [2.45, 2.75) is 109 Å². The van der Waals surface area contributed by atoms with Gasteiger partial charge in [-0.05, 0) is 58.2 Å². The Balaban J connectivity index is 1.23. The van der Waals surface area contributed by atoms with Crippen LogP contribution in [0.3, 0.4) is 0 Å². The van der Waals surface area contributed by atoms with Crippen molar-refractivity contribution >= 4 is 35.1 Å². The quantitative estimate of drug-likeness (QED) is 0.105. The summed E-state index contributed by atoms with van der Waals surface area (Å²) in [7, 11) is 1.31.